The van der Waals surface area contributed by atoms with E-state index in [4.69, 9.17) is 0 Å². The molecule has 0 radical (unpaired) electrons. The predicted octanol–water partition coefficient (Wildman–Crippen LogP) is 3.31. The minimum atomic E-state index is -7.06. The highest BCUT2D eigenvalue weighted by Gasteiger charge is 2.83. The fraction of sp³-hybridized carbons (Fsp3) is 1.00. The lowest BCUT2D eigenvalue weighted by Gasteiger charge is -2.31. The Labute approximate surface area is 88.5 Å². The van der Waals surface area contributed by atoms with Gasteiger partial charge in [0, 0.05) is 0 Å². The zero-order valence-electron chi connectivity index (χ0n) is 6.60. The maximum atomic E-state index is 12.2. The Morgan fingerprint density at radius 2 is 1.06 bits per heavy atom. The van der Waals surface area contributed by atoms with Crippen molar-refractivity contribution in [2.75, 3.05) is 0 Å². The molecule has 16 heavy (non-hydrogen) atoms. The van der Waals surface area contributed by atoms with Crippen molar-refractivity contribution >= 4 is 20.7 Å². The van der Waals surface area contributed by atoms with E-state index in [0.717, 1.165) is 0 Å². The molecule has 1 nitrogen and oxygen atoms in total. The highest BCUT2D eigenvalue weighted by atomic mass is 35.7. The van der Waals surface area contributed by atoms with Gasteiger partial charge in [-0.3, -0.25) is 0 Å². The van der Waals surface area contributed by atoms with E-state index in [2.05, 4.69) is 10.7 Å². The van der Waals surface area contributed by atoms with E-state index < -0.39 is 33.3 Å². The zero-order valence-corrected chi connectivity index (χ0v) is 8.17. The van der Waals surface area contributed by atoms with E-state index in [-0.39, 0.29) is 0 Å². The van der Waals surface area contributed by atoms with Gasteiger partial charge in [0.15, 0.2) is 10.0 Å². The monoisotopic (exact) mass is 302 g/mol. The number of halogens is 10. The summed E-state index contributed by atoms with van der Waals surface area (Å²) in [5.41, 5.74) is 0. The van der Waals surface area contributed by atoms with Gasteiger partial charge in [-0.05, 0) is 10.7 Å². The first-order valence-corrected chi connectivity index (χ1v) is 4.95. The minimum Gasteiger partial charge on any atom is -0.236 e. The summed E-state index contributed by atoms with van der Waals surface area (Å²) in [6, 6.07) is 0. The molecule has 0 spiro atoms. The van der Waals surface area contributed by atoms with Crippen LogP contribution in [0.2, 0.25) is 0 Å². The van der Waals surface area contributed by atoms with Crippen LogP contribution in [0.15, 0.2) is 0 Å². The highest BCUT2D eigenvalue weighted by molar-refractivity contribution is 8.09. The summed E-state index contributed by atoms with van der Waals surface area (Å²) >= 11 is 0. The standard InChI is InChI=1S/C4ClF9OS/c5-16(15)4(13,14)2(8,9)1(6,7)3(10,11)12. The Kier molecular flexibility index (Phi) is 3.88. The topological polar surface area (TPSA) is 17.1 Å². The maximum Gasteiger partial charge on any atom is 0.460 e. The van der Waals surface area contributed by atoms with Crippen LogP contribution in [0.4, 0.5) is 39.5 Å². The number of hydrogen-bond donors (Lipinski definition) is 0. The molecule has 0 aromatic rings. The van der Waals surface area contributed by atoms with E-state index in [1.165, 1.54) is 0 Å². The van der Waals surface area contributed by atoms with Crippen molar-refractivity contribution in [1.29, 1.82) is 0 Å². The van der Waals surface area contributed by atoms with Crippen LogP contribution >= 0.6 is 10.7 Å². The van der Waals surface area contributed by atoms with Crippen LogP contribution in [0.25, 0.3) is 0 Å². The molecular weight excluding hydrogens is 303 g/mol. The molecule has 0 N–H and O–H groups in total. The molecule has 0 rings (SSSR count). The Hall–Kier alpha value is -0.190. The molecule has 0 aliphatic carbocycles. The third-order valence-corrected chi connectivity index (χ3v) is 2.56. The van der Waals surface area contributed by atoms with Gasteiger partial charge in [-0.2, -0.15) is 39.5 Å². The first-order chi connectivity index (χ1) is 6.69. The molecule has 12 heteroatoms. The van der Waals surface area contributed by atoms with Crippen molar-refractivity contribution in [3.8, 4) is 0 Å². The lowest BCUT2D eigenvalue weighted by atomic mass is 10.1. The number of rotatable bonds is 3. The molecule has 0 aliphatic rings. The molecule has 1 atom stereocenters. The Bertz CT molecular complexity index is 296. The van der Waals surface area contributed by atoms with Crippen molar-refractivity contribution in [3.05, 3.63) is 0 Å². The summed E-state index contributed by atoms with van der Waals surface area (Å²) in [7, 11) is -0.466. The third-order valence-electron chi connectivity index (χ3n) is 1.32. The smallest absolute Gasteiger partial charge is 0.236 e. The van der Waals surface area contributed by atoms with Crippen LogP contribution in [-0.2, 0) is 10.0 Å². The van der Waals surface area contributed by atoms with Gasteiger partial charge < -0.3 is 0 Å². The zero-order chi connectivity index (χ0) is 13.6. The van der Waals surface area contributed by atoms with Gasteiger partial charge in [0.05, 0.1) is 0 Å². The third kappa shape index (κ3) is 2.11. The SMILES string of the molecule is O=S(Cl)C(F)(F)C(F)(F)C(F)(F)C(F)(F)F. The van der Waals surface area contributed by atoms with E-state index in [1.807, 2.05) is 0 Å². The normalized spacial score (nSPS) is 17.4. The van der Waals surface area contributed by atoms with E-state index in [0.29, 0.717) is 0 Å². The van der Waals surface area contributed by atoms with Crippen LogP contribution in [0.3, 0.4) is 0 Å². The van der Waals surface area contributed by atoms with Gasteiger partial charge in [-0.25, -0.2) is 4.21 Å². The summed E-state index contributed by atoms with van der Waals surface area (Å²) in [6.07, 6.45) is -6.93. The Morgan fingerprint density at radius 3 is 1.25 bits per heavy atom. The van der Waals surface area contributed by atoms with E-state index >= 15 is 0 Å². The van der Waals surface area contributed by atoms with E-state index in [9.17, 15) is 43.7 Å². The highest BCUT2D eigenvalue weighted by Crippen LogP contribution is 2.54. The average Bonchev–Trinajstić information content (AvgIpc) is 2.00. The molecule has 0 bridgehead atoms. The molecule has 0 fully saturated rings. The van der Waals surface area contributed by atoms with Gasteiger partial charge in [-0.15, -0.1) is 0 Å². The fourth-order valence-corrected chi connectivity index (χ4v) is 1.08. The molecule has 0 heterocycles. The van der Waals surface area contributed by atoms with Crippen molar-refractivity contribution in [1.82, 2.24) is 0 Å². The molecule has 0 amide bonds. The van der Waals surface area contributed by atoms with Crippen LogP contribution in [0.5, 0.6) is 0 Å². The summed E-state index contributed by atoms with van der Waals surface area (Å²) < 4.78 is 117. The quantitative estimate of drug-likeness (QED) is 0.577. The second kappa shape index (κ2) is 3.93. The Balaban J connectivity index is 5.62. The summed E-state index contributed by atoms with van der Waals surface area (Å²) in [4.78, 5) is 0. The van der Waals surface area contributed by atoms with Crippen LogP contribution < -0.4 is 0 Å². The second-order valence-corrected chi connectivity index (χ2v) is 4.19. The van der Waals surface area contributed by atoms with Crippen molar-refractivity contribution in [2.45, 2.75) is 23.3 Å². The number of hydrogen-bond acceptors (Lipinski definition) is 1. The molecular formula is C4ClF9OS. The van der Waals surface area contributed by atoms with Gasteiger partial charge in [0.2, 0.25) is 0 Å². The fourth-order valence-electron chi connectivity index (χ4n) is 0.462. The predicted molar refractivity (Wildman–Crippen MR) is 34.9 cm³/mol. The number of alkyl halides is 9. The molecule has 0 saturated carbocycles. The van der Waals surface area contributed by atoms with Gasteiger partial charge in [0.1, 0.15) is 0 Å². The van der Waals surface area contributed by atoms with E-state index in [1.54, 1.807) is 0 Å². The van der Waals surface area contributed by atoms with Crippen molar-refractivity contribution in [3.63, 3.8) is 0 Å². The molecule has 0 aliphatic heterocycles. The largest absolute Gasteiger partial charge is 0.460 e. The summed E-state index contributed by atoms with van der Waals surface area (Å²) in [5.74, 6) is -14.0. The van der Waals surface area contributed by atoms with Gasteiger partial charge in [-0.1, -0.05) is 0 Å². The molecule has 1 unspecified atom stereocenters. The first-order valence-electron chi connectivity index (χ1n) is 2.98. The lowest BCUT2D eigenvalue weighted by molar-refractivity contribution is -0.381. The lowest BCUT2D eigenvalue weighted by Crippen LogP contribution is -2.61. The second-order valence-electron chi connectivity index (χ2n) is 2.39. The van der Waals surface area contributed by atoms with Crippen LogP contribution in [-0.4, -0.2) is 27.5 Å². The van der Waals surface area contributed by atoms with Crippen LogP contribution in [0.1, 0.15) is 0 Å². The maximum absolute atomic E-state index is 12.2. The van der Waals surface area contributed by atoms with Crippen molar-refractivity contribution in [2.24, 2.45) is 0 Å². The van der Waals surface area contributed by atoms with Crippen LogP contribution in [0, 0.1) is 0 Å². The molecule has 98 valence electrons. The van der Waals surface area contributed by atoms with Gasteiger partial charge in [0.25, 0.3) is 0 Å². The van der Waals surface area contributed by atoms with Crippen molar-refractivity contribution < 1.29 is 43.7 Å². The minimum absolute atomic E-state index is 3.95. The van der Waals surface area contributed by atoms with Gasteiger partial charge >= 0.3 is 23.3 Å². The average molecular weight is 303 g/mol. The molecule has 0 aromatic carbocycles. The summed E-state index contributed by atoms with van der Waals surface area (Å²) in [5, 5.41) is -6.23. The first kappa shape index (κ1) is 15.8. The molecule has 0 aromatic heterocycles. The summed E-state index contributed by atoms with van der Waals surface area (Å²) in [6.45, 7) is 0. The molecule has 0 saturated heterocycles. The Morgan fingerprint density at radius 1 is 0.750 bits per heavy atom.